The third kappa shape index (κ3) is 10.9. The van der Waals surface area contributed by atoms with E-state index in [0.717, 1.165) is 59.9 Å². The summed E-state index contributed by atoms with van der Waals surface area (Å²) in [6, 6.07) is 19.9. The molecule has 0 radical (unpaired) electrons. The maximum atomic E-state index is 6.42. The molecule has 3 aromatic carbocycles. The van der Waals surface area contributed by atoms with E-state index in [2.05, 4.69) is 34.1 Å². The number of nitrogens with zero attached hydrogens (tertiary/aromatic N) is 2. The Kier molecular flexibility index (Phi) is 13.4. The Morgan fingerprint density at radius 2 is 0.818 bits per heavy atom. The summed E-state index contributed by atoms with van der Waals surface area (Å²) in [6.45, 7) is 9.63. The molecule has 5 heterocycles. The lowest BCUT2D eigenvalue weighted by Crippen LogP contribution is -2.33. The molecule has 8 rings (SSSR count). The quantitative estimate of drug-likeness (QED) is 0.302. The van der Waals surface area contributed by atoms with Gasteiger partial charge in [-0.3, -0.25) is 9.80 Å². The molecule has 3 aromatic rings. The van der Waals surface area contributed by atoms with Crippen LogP contribution < -0.4 is 9.47 Å². The summed E-state index contributed by atoms with van der Waals surface area (Å²) in [5.41, 5.74) is 4.19. The highest BCUT2D eigenvalue weighted by atomic mass is 35.5. The lowest BCUT2D eigenvalue weighted by Gasteiger charge is -2.25. The third-order valence-electron chi connectivity index (χ3n) is 7.60. The van der Waals surface area contributed by atoms with E-state index in [1.165, 1.54) is 0 Å². The smallest absolute Gasteiger partial charge is 0.124 e. The molecule has 5 aliphatic heterocycles. The Labute approximate surface area is 270 Å². The second kappa shape index (κ2) is 17.9. The van der Waals surface area contributed by atoms with Crippen LogP contribution in [0.3, 0.4) is 0 Å². The van der Waals surface area contributed by atoms with Crippen LogP contribution in [0.4, 0.5) is 0 Å². The van der Waals surface area contributed by atoms with E-state index in [0.29, 0.717) is 89.2 Å². The minimum absolute atomic E-state index is 0.444. The average Bonchev–Trinajstić information content (AvgIpc) is 3.02. The van der Waals surface area contributed by atoms with Crippen molar-refractivity contribution in [3.63, 3.8) is 0 Å². The van der Waals surface area contributed by atoms with Gasteiger partial charge in [0.25, 0.3) is 0 Å². The minimum Gasteiger partial charge on any atom is -0.489 e. The van der Waals surface area contributed by atoms with Crippen molar-refractivity contribution in [3.8, 4) is 11.5 Å². The second-order valence-corrected chi connectivity index (χ2v) is 11.8. The van der Waals surface area contributed by atoms with Gasteiger partial charge in [-0.1, -0.05) is 47.5 Å². The van der Waals surface area contributed by atoms with E-state index in [1.54, 1.807) is 0 Å². The molecule has 44 heavy (non-hydrogen) atoms. The zero-order chi connectivity index (χ0) is 30.4. The van der Waals surface area contributed by atoms with Crippen molar-refractivity contribution >= 4 is 23.2 Å². The van der Waals surface area contributed by atoms with Crippen LogP contribution in [-0.4, -0.2) is 88.8 Å². The Balaban J connectivity index is 1.40. The molecule has 5 aliphatic rings. The van der Waals surface area contributed by atoms with Crippen LogP contribution in [0.5, 0.6) is 11.5 Å². The van der Waals surface area contributed by atoms with Crippen molar-refractivity contribution in [2.45, 2.75) is 26.3 Å². The number of ether oxygens (including phenoxy) is 6. The molecule has 10 heteroatoms. The first-order chi connectivity index (χ1) is 21.6. The first kappa shape index (κ1) is 33.0. The normalized spacial score (nSPS) is 21.8. The van der Waals surface area contributed by atoms with Gasteiger partial charge in [-0.05, 0) is 47.5 Å². The fourth-order valence-corrected chi connectivity index (χ4v) is 5.51. The summed E-state index contributed by atoms with van der Waals surface area (Å²) >= 11 is 12.8. The van der Waals surface area contributed by atoms with E-state index < -0.39 is 0 Å². The van der Waals surface area contributed by atoms with Crippen LogP contribution in [-0.2, 0) is 45.3 Å². The van der Waals surface area contributed by atoms with Gasteiger partial charge in [0.15, 0.2) is 0 Å². The van der Waals surface area contributed by atoms with Gasteiger partial charge in [-0.2, -0.15) is 0 Å². The maximum absolute atomic E-state index is 6.42. The van der Waals surface area contributed by atoms with Crippen LogP contribution in [0.25, 0.3) is 0 Å². The SMILES string of the molecule is Clc1ccc2c(c1)CN1CCOCCOCCN(CCOCCOCC1)Cc1cc(Cl)ccc1OCc1ccc(cc1)CO2. The van der Waals surface area contributed by atoms with Crippen LogP contribution in [0.15, 0.2) is 60.7 Å². The number of rotatable bonds is 0. The summed E-state index contributed by atoms with van der Waals surface area (Å²) in [6.07, 6.45) is 0. The molecule has 0 aliphatic carbocycles. The molecule has 0 saturated carbocycles. The molecule has 4 bridgehead atoms. The number of hydrogen-bond donors (Lipinski definition) is 0. The monoisotopic (exact) mass is 644 g/mol. The molecule has 0 atom stereocenters. The van der Waals surface area contributed by atoms with Gasteiger partial charge in [-0.25, -0.2) is 0 Å². The van der Waals surface area contributed by atoms with E-state index >= 15 is 0 Å². The Morgan fingerprint density at radius 1 is 0.455 bits per heavy atom. The fourth-order valence-electron chi connectivity index (χ4n) is 5.12. The van der Waals surface area contributed by atoms with Crippen molar-refractivity contribution in [2.24, 2.45) is 0 Å². The van der Waals surface area contributed by atoms with Gasteiger partial charge >= 0.3 is 0 Å². The van der Waals surface area contributed by atoms with Gasteiger partial charge in [0, 0.05) is 60.4 Å². The lowest BCUT2D eigenvalue weighted by molar-refractivity contribution is 0.00607. The highest BCUT2D eigenvalue weighted by Crippen LogP contribution is 2.27. The molecule has 0 aromatic heterocycles. The molecule has 1 saturated heterocycles. The topological polar surface area (TPSA) is 61.9 Å². The van der Waals surface area contributed by atoms with E-state index in [-0.39, 0.29) is 0 Å². The molecule has 8 nitrogen and oxygen atoms in total. The first-order valence-corrected chi connectivity index (χ1v) is 16.0. The van der Waals surface area contributed by atoms with Crippen LogP contribution in [0, 0.1) is 0 Å². The molecule has 0 unspecified atom stereocenters. The van der Waals surface area contributed by atoms with Crippen molar-refractivity contribution < 1.29 is 28.4 Å². The van der Waals surface area contributed by atoms with E-state index in [4.69, 9.17) is 51.6 Å². The van der Waals surface area contributed by atoms with Gasteiger partial charge in [0.2, 0.25) is 0 Å². The molecular weight excluding hydrogens is 603 g/mol. The predicted molar refractivity (Wildman–Crippen MR) is 172 cm³/mol. The fraction of sp³-hybridized carbons (Fsp3) is 0.471. The van der Waals surface area contributed by atoms with Crippen molar-refractivity contribution in [1.82, 2.24) is 9.80 Å². The zero-order valence-corrected chi connectivity index (χ0v) is 26.7. The lowest BCUT2D eigenvalue weighted by atomic mass is 10.1. The zero-order valence-electron chi connectivity index (χ0n) is 25.2. The Bertz CT molecular complexity index is 1180. The summed E-state index contributed by atoms with van der Waals surface area (Å²) in [5.74, 6) is 1.62. The third-order valence-corrected chi connectivity index (χ3v) is 8.07. The highest BCUT2D eigenvalue weighted by Gasteiger charge is 2.15. The van der Waals surface area contributed by atoms with Crippen molar-refractivity contribution in [3.05, 3.63) is 93.0 Å². The second-order valence-electron chi connectivity index (χ2n) is 10.9. The van der Waals surface area contributed by atoms with Crippen molar-refractivity contribution in [1.29, 1.82) is 0 Å². The summed E-state index contributed by atoms with van der Waals surface area (Å²) in [5, 5.41) is 1.35. The van der Waals surface area contributed by atoms with Crippen molar-refractivity contribution in [2.75, 3.05) is 79.0 Å². The largest absolute Gasteiger partial charge is 0.489 e. The summed E-state index contributed by atoms with van der Waals surface area (Å²) < 4.78 is 36.4. The summed E-state index contributed by atoms with van der Waals surface area (Å²) in [7, 11) is 0. The Morgan fingerprint density at radius 3 is 1.18 bits per heavy atom. The molecule has 0 amide bonds. The maximum Gasteiger partial charge on any atom is 0.124 e. The number of hydrogen-bond acceptors (Lipinski definition) is 8. The molecule has 1 fully saturated rings. The molecule has 0 spiro atoms. The number of halogens is 2. The van der Waals surface area contributed by atoms with Crippen LogP contribution in [0.1, 0.15) is 22.3 Å². The van der Waals surface area contributed by atoms with E-state index in [1.807, 2.05) is 36.4 Å². The van der Waals surface area contributed by atoms with Gasteiger partial charge in [-0.15, -0.1) is 0 Å². The molecule has 0 N–H and O–H groups in total. The number of benzene rings is 3. The van der Waals surface area contributed by atoms with Gasteiger partial charge in [0.1, 0.15) is 24.7 Å². The van der Waals surface area contributed by atoms with E-state index in [9.17, 15) is 0 Å². The molecule has 238 valence electrons. The predicted octanol–water partition coefficient (Wildman–Crippen LogP) is 5.85. The Hall–Kier alpha value is -2.40. The first-order valence-electron chi connectivity index (χ1n) is 15.3. The minimum atomic E-state index is 0.444. The van der Waals surface area contributed by atoms with Gasteiger partial charge in [0.05, 0.1) is 52.9 Å². The van der Waals surface area contributed by atoms with Crippen LogP contribution >= 0.6 is 23.2 Å². The van der Waals surface area contributed by atoms with Gasteiger partial charge < -0.3 is 28.4 Å². The summed E-state index contributed by atoms with van der Waals surface area (Å²) in [4.78, 5) is 4.61. The van der Waals surface area contributed by atoms with Crippen LogP contribution in [0.2, 0.25) is 10.0 Å². The standard InChI is InChI=1S/C34H42Cl2N2O6/c35-31-5-7-33-29(21-31)23-37-9-13-39-17-19-41-15-11-38(12-16-42-20-18-40-14-10-37)24-30-22-32(36)6-8-34(30)44-26-28-2-1-27(3-4-28)25-43-33/h1-8,21-22H,9-20,23-26H2. The average molecular weight is 646 g/mol. The molecular formula is C34H42Cl2N2O6. The highest BCUT2D eigenvalue weighted by molar-refractivity contribution is 6.31.